The zero-order valence-electron chi connectivity index (χ0n) is 9.84. The fraction of sp³-hybridized carbons (Fsp3) is 0.750. The predicted octanol–water partition coefficient (Wildman–Crippen LogP) is 2.98. The third-order valence-electron chi connectivity index (χ3n) is 2.56. The molecule has 0 spiro atoms. The van der Waals surface area contributed by atoms with Crippen LogP contribution in [0.5, 0.6) is 0 Å². The van der Waals surface area contributed by atoms with Gasteiger partial charge in [-0.25, -0.2) is 4.98 Å². The highest BCUT2D eigenvalue weighted by molar-refractivity contribution is 7.09. The average molecular weight is 224 g/mol. The molecule has 1 aliphatic carbocycles. The fourth-order valence-electron chi connectivity index (χ4n) is 1.45. The Labute approximate surface area is 96.1 Å². The molecule has 1 fully saturated rings. The Hall–Kier alpha value is -0.410. The third-order valence-corrected chi connectivity index (χ3v) is 3.48. The Balaban J connectivity index is 1.83. The zero-order chi connectivity index (χ0) is 10.9. The van der Waals surface area contributed by atoms with Crippen LogP contribution < -0.4 is 5.32 Å². The molecule has 0 aromatic carbocycles. The zero-order valence-corrected chi connectivity index (χ0v) is 10.7. The van der Waals surface area contributed by atoms with Crippen LogP contribution in [0.4, 0.5) is 0 Å². The molecule has 1 heterocycles. The number of hydrogen-bond acceptors (Lipinski definition) is 3. The molecule has 0 amide bonds. The Bertz CT molecular complexity index is 321. The first-order chi connectivity index (χ1) is 7.03. The molecule has 1 aromatic rings. The van der Waals surface area contributed by atoms with Crippen LogP contribution in [0, 0.1) is 5.92 Å². The number of aromatic nitrogens is 1. The molecule has 1 aromatic heterocycles. The summed E-state index contributed by atoms with van der Waals surface area (Å²) in [7, 11) is 0. The van der Waals surface area contributed by atoms with E-state index in [0.717, 1.165) is 12.5 Å². The summed E-state index contributed by atoms with van der Waals surface area (Å²) in [6.45, 7) is 7.45. The van der Waals surface area contributed by atoms with Gasteiger partial charge in [-0.3, -0.25) is 0 Å². The second-order valence-corrected chi connectivity index (χ2v) is 6.43. The van der Waals surface area contributed by atoms with Crippen LogP contribution in [0.1, 0.15) is 44.3 Å². The molecule has 15 heavy (non-hydrogen) atoms. The monoisotopic (exact) mass is 224 g/mol. The summed E-state index contributed by atoms with van der Waals surface area (Å²) in [5.74, 6) is 0.944. The highest BCUT2D eigenvalue weighted by Crippen LogP contribution is 2.33. The lowest BCUT2D eigenvalue weighted by Gasteiger charge is -2.19. The molecule has 84 valence electrons. The van der Waals surface area contributed by atoms with Gasteiger partial charge in [-0.2, -0.15) is 0 Å². The van der Waals surface area contributed by atoms with Gasteiger partial charge in [0, 0.05) is 23.9 Å². The first-order valence-electron chi connectivity index (χ1n) is 5.71. The van der Waals surface area contributed by atoms with Crippen molar-refractivity contribution >= 4 is 11.3 Å². The third kappa shape index (κ3) is 3.92. The molecule has 0 radical (unpaired) electrons. The van der Waals surface area contributed by atoms with Crippen molar-refractivity contribution in [1.82, 2.24) is 10.3 Å². The summed E-state index contributed by atoms with van der Waals surface area (Å²) in [5, 5.41) is 6.98. The molecule has 0 bridgehead atoms. The quantitative estimate of drug-likeness (QED) is 0.850. The van der Waals surface area contributed by atoms with Gasteiger partial charge in [0.25, 0.3) is 0 Å². The Kier molecular flexibility index (Phi) is 3.12. The van der Waals surface area contributed by atoms with E-state index in [0.29, 0.717) is 0 Å². The summed E-state index contributed by atoms with van der Waals surface area (Å²) >= 11 is 1.82. The Morgan fingerprint density at radius 3 is 2.80 bits per heavy atom. The number of hydrogen-bond donors (Lipinski definition) is 1. The van der Waals surface area contributed by atoms with E-state index in [1.165, 1.54) is 30.0 Å². The molecule has 2 nitrogen and oxygen atoms in total. The summed E-state index contributed by atoms with van der Waals surface area (Å²) in [6, 6.07) is 0. The average Bonchev–Trinajstić information content (AvgIpc) is 2.79. The van der Waals surface area contributed by atoms with Gasteiger partial charge in [-0.05, 0) is 39.5 Å². The molecular formula is C12H20N2S. The molecule has 1 N–H and O–H groups in total. The highest BCUT2D eigenvalue weighted by atomic mass is 32.1. The lowest BCUT2D eigenvalue weighted by atomic mass is 10.1. The van der Waals surface area contributed by atoms with Gasteiger partial charge in [0.15, 0.2) is 0 Å². The minimum atomic E-state index is 0.181. The van der Waals surface area contributed by atoms with Crippen LogP contribution >= 0.6 is 11.3 Å². The van der Waals surface area contributed by atoms with E-state index in [1.54, 1.807) is 0 Å². The lowest BCUT2D eigenvalue weighted by Crippen LogP contribution is -2.35. The molecule has 0 unspecified atom stereocenters. The summed E-state index contributed by atoms with van der Waals surface area (Å²) < 4.78 is 0. The van der Waals surface area contributed by atoms with Crippen molar-refractivity contribution in [1.29, 1.82) is 0 Å². The maximum Gasteiger partial charge on any atom is 0.0931 e. The first kappa shape index (κ1) is 11.1. The predicted molar refractivity (Wildman–Crippen MR) is 65.1 cm³/mol. The molecule has 2 rings (SSSR count). The minimum Gasteiger partial charge on any atom is -0.306 e. The van der Waals surface area contributed by atoms with Crippen molar-refractivity contribution in [3.8, 4) is 0 Å². The van der Waals surface area contributed by atoms with E-state index in [-0.39, 0.29) is 5.54 Å². The number of nitrogens with zero attached hydrogens (tertiary/aromatic N) is 1. The van der Waals surface area contributed by atoms with Crippen molar-refractivity contribution in [3.63, 3.8) is 0 Å². The van der Waals surface area contributed by atoms with E-state index in [4.69, 9.17) is 0 Å². The maximum absolute atomic E-state index is 4.65. The van der Waals surface area contributed by atoms with Crippen LogP contribution in [-0.4, -0.2) is 10.5 Å². The maximum atomic E-state index is 4.65. The van der Waals surface area contributed by atoms with Gasteiger partial charge in [0.05, 0.1) is 10.7 Å². The van der Waals surface area contributed by atoms with Gasteiger partial charge in [0.2, 0.25) is 0 Å². The van der Waals surface area contributed by atoms with E-state index in [1.807, 2.05) is 11.3 Å². The number of rotatable bonds is 4. The Morgan fingerprint density at radius 2 is 2.20 bits per heavy atom. The standard InChI is InChI=1S/C12H20N2S/c1-12(2,3)13-7-10-8-15-11(14-10)6-9-4-5-9/h8-9,13H,4-7H2,1-3H3. The Morgan fingerprint density at radius 1 is 1.47 bits per heavy atom. The van der Waals surface area contributed by atoms with E-state index in [2.05, 4.69) is 36.5 Å². The molecular weight excluding hydrogens is 204 g/mol. The fourth-order valence-corrected chi connectivity index (χ4v) is 2.36. The smallest absolute Gasteiger partial charge is 0.0931 e. The largest absolute Gasteiger partial charge is 0.306 e. The van der Waals surface area contributed by atoms with Crippen LogP contribution in [-0.2, 0) is 13.0 Å². The van der Waals surface area contributed by atoms with Gasteiger partial charge in [-0.15, -0.1) is 11.3 Å². The summed E-state index contributed by atoms with van der Waals surface area (Å²) in [5.41, 5.74) is 1.38. The lowest BCUT2D eigenvalue weighted by molar-refractivity contribution is 0.421. The van der Waals surface area contributed by atoms with E-state index in [9.17, 15) is 0 Å². The topological polar surface area (TPSA) is 24.9 Å². The van der Waals surface area contributed by atoms with E-state index >= 15 is 0 Å². The van der Waals surface area contributed by atoms with Crippen molar-refractivity contribution in [2.45, 2.75) is 52.1 Å². The first-order valence-corrected chi connectivity index (χ1v) is 6.59. The molecule has 1 saturated carbocycles. The normalized spacial score (nSPS) is 17.0. The number of nitrogens with one attached hydrogen (secondary N) is 1. The molecule has 0 atom stereocenters. The highest BCUT2D eigenvalue weighted by Gasteiger charge is 2.22. The molecule has 0 aliphatic heterocycles. The minimum absolute atomic E-state index is 0.181. The van der Waals surface area contributed by atoms with Crippen molar-refractivity contribution in [2.24, 2.45) is 5.92 Å². The van der Waals surface area contributed by atoms with Gasteiger partial charge in [-0.1, -0.05) is 0 Å². The summed E-state index contributed by atoms with van der Waals surface area (Å²) in [6.07, 6.45) is 4.03. The van der Waals surface area contributed by atoms with Crippen molar-refractivity contribution in [2.75, 3.05) is 0 Å². The second-order valence-electron chi connectivity index (χ2n) is 5.48. The summed E-state index contributed by atoms with van der Waals surface area (Å²) in [4.78, 5) is 4.65. The van der Waals surface area contributed by atoms with Crippen LogP contribution in [0.25, 0.3) is 0 Å². The SMILES string of the molecule is CC(C)(C)NCc1csc(CC2CC2)n1. The van der Waals surface area contributed by atoms with Gasteiger partial charge >= 0.3 is 0 Å². The van der Waals surface area contributed by atoms with E-state index < -0.39 is 0 Å². The van der Waals surface area contributed by atoms with Crippen LogP contribution in [0.3, 0.4) is 0 Å². The second kappa shape index (κ2) is 4.22. The van der Waals surface area contributed by atoms with Gasteiger partial charge < -0.3 is 5.32 Å². The van der Waals surface area contributed by atoms with Crippen LogP contribution in [0.15, 0.2) is 5.38 Å². The number of thiazole rings is 1. The van der Waals surface area contributed by atoms with Crippen molar-refractivity contribution in [3.05, 3.63) is 16.1 Å². The molecule has 1 aliphatic rings. The van der Waals surface area contributed by atoms with Crippen LogP contribution in [0.2, 0.25) is 0 Å². The molecule has 0 saturated heterocycles. The van der Waals surface area contributed by atoms with Crippen molar-refractivity contribution < 1.29 is 0 Å². The molecule has 3 heteroatoms. The van der Waals surface area contributed by atoms with Gasteiger partial charge in [0.1, 0.15) is 0 Å².